The van der Waals surface area contributed by atoms with Gasteiger partial charge < -0.3 is 4.90 Å². The van der Waals surface area contributed by atoms with Crippen molar-refractivity contribution in [2.45, 2.75) is 11.3 Å². The number of benzene rings is 1. The second kappa shape index (κ2) is 6.36. The number of hydrogen-bond acceptors (Lipinski definition) is 2. The van der Waals surface area contributed by atoms with Gasteiger partial charge in [-0.05, 0) is 29.9 Å². The Morgan fingerprint density at radius 1 is 1.18 bits per heavy atom. The first-order valence-electron chi connectivity index (χ1n) is 7.30. The van der Waals surface area contributed by atoms with Crippen molar-refractivity contribution in [3.63, 3.8) is 0 Å². The third-order valence-corrected chi connectivity index (χ3v) is 4.91. The fourth-order valence-electron chi connectivity index (χ4n) is 2.72. The zero-order valence-corrected chi connectivity index (χ0v) is 13.7. The third kappa shape index (κ3) is 2.79. The summed E-state index contributed by atoms with van der Waals surface area (Å²) in [5, 5.41) is 0. The number of thiol groups is 1. The van der Waals surface area contributed by atoms with E-state index >= 15 is 0 Å². The van der Waals surface area contributed by atoms with E-state index in [0.29, 0.717) is 0 Å². The molecule has 2 aromatic rings. The van der Waals surface area contributed by atoms with E-state index in [0.717, 1.165) is 34.4 Å². The summed E-state index contributed by atoms with van der Waals surface area (Å²) in [7, 11) is 3.62. The lowest BCUT2D eigenvalue weighted by Crippen LogP contribution is -2.24. The minimum atomic E-state index is 0.0887. The molecule has 1 aliphatic rings. The predicted molar refractivity (Wildman–Crippen MR) is 92.1 cm³/mol. The lowest BCUT2D eigenvalue weighted by molar-refractivity contribution is -0.124. The number of aromatic nitrogens is 1. The van der Waals surface area contributed by atoms with E-state index in [4.69, 9.17) is 0 Å². The first-order chi connectivity index (χ1) is 10.7. The van der Waals surface area contributed by atoms with E-state index in [1.54, 1.807) is 11.1 Å². The molecule has 3 nitrogen and oxygen atoms in total. The van der Waals surface area contributed by atoms with Crippen molar-refractivity contribution in [2.75, 3.05) is 19.8 Å². The van der Waals surface area contributed by atoms with Gasteiger partial charge in [-0.1, -0.05) is 24.3 Å². The highest BCUT2D eigenvalue weighted by molar-refractivity contribution is 7.99. The normalized spacial score (nSPS) is 14.3. The van der Waals surface area contributed by atoms with E-state index in [1.807, 2.05) is 38.5 Å². The third-order valence-electron chi connectivity index (χ3n) is 3.73. The van der Waals surface area contributed by atoms with Gasteiger partial charge in [0.05, 0.1) is 0 Å². The quantitative estimate of drug-likeness (QED) is 0.864. The second-order valence-electron chi connectivity index (χ2n) is 5.44. The number of carbonyl (C=O) groups excluding carboxylic acids is 1. The zero-order valence-electron chi connectivity index (χ0n) is 12.8. The average Bonchev–Trinajstić information content (AvgIpc) is 2.74. The van der Waals surface area contributed by atoms with E-state index in [2.05, 4.69) is 23.2 Å². The van der Waals surface area contributed by atoms with Gasteiger partial charge in [0, 0.05) is 48.1 Å². The van der Waals surface area contributed by atoms with Crippen LogP contribution in [0.3, 0.4) is 0 Å². The van der Waals surface area contributed by atoms with Crippen LogP contribution in [0.5, 0.6) is 0 Å². The first kappa shape index (κ1) is 14.9. The van der Waals surface area contributed by atoms with E-state index < -0.39 is 0 Å². The molecule has 0 unspecified atom stereocenters. The summed E-state index contributed by atoms with van der Waals surface area (Å²) in [6.45, 7) is 0. The fourth-order valence-corrected chi connectivity index (χ4v) is 3.85. The van der Waals surface area contributed by atoms with E-state index in [-0.39, 0.29) is 5.91 Å². The van der Waals surface area contributed by atoms with Crippen molar-refractivity contribution in [1.82, 2.24) is 9.88 Å². The topological polar surface area (TPSA) is 33.2 Å². The standard InChI is InChI=1S/C18H19N2OS/c1-20(2)18(21)15-9-11-22-16-8-4-3-7-14(16)17(15)13-6-5-10-19-12-13/h3-8,10,12,22H,9,11H2,1-2H3. The Kier molecular flexibility index (Phi) is 4.29. The van der Waals surface area contributed by atoms with E-state index in [1.165, 1.54) is 16.7 Å². The van der Waals surface area contributed by atoms with Crippen LogP contribution in [0, 0.1) is 0 Å². The summed E-state index contributed by atoms with van der Waals surface area (Å²) in [5.74, 6) is 1.06. The number of likely N-dealkylation sites (N-methyl/N-ethyl adjacent to an activating group) is 1. The van der Waals surface area contributed by atoms with Gasteiger partial charge in [-0.2, -0.15) is 11.8 Å². The Labute approximate surface area is 135 Å². The van der Waals surface area contributed by atoms with Crippen LogP contribution in [-0.4, -0.2) is 35.6 Å². The van der Waals surface area contributed by atoms with Gasteiger partial charge in [-0.25, -0.2) is 0 Å². The molecule has 1 amide bonds. The first-order valence-corrected chi connectivity index (χ1v) is 8.38. The maximum atomic E-state index is 12.7. The molecule has 22 heavy (non-hydrogen) atoms. The van der Waals surface area contributed by atoms with Crippen molar-refractivity contribution in [1.29, 1.82) is 0 Å². The smallest absolute Gasteiger partial charge is 0.249 e. The van der Waals surface area contributed by atoms with Crippen LogP contribution in [0.1, 0.15) is 17.5 Å². The van der Waals surface area contributed by atoms with Gasteiger partial charge in [0.25, 0.3) is 0 Å². The molecule has 3 rings (SSSR count). The minimum Gasteiger partial charge on any atom is -0.345 e. The molecule has 0 aliphatic carbocycles. The highest BCUT2D eigenvalue weighted by Crippen LogP contribution is 2.39. The Bertz CT molecular complexity index is 723. The zero-order chi connectivity index (χ0) is 15.5. The number of fused-ring (bicyclic) bond motifs is 1. The molecule has 4 heteroatoms. The van der Waals surface area contributed by atoms with Gasteiger partial charge in [-0.3, -0.25) is 9.78 Å². The molecule has 0 fully saturated rings. The van der Waals surface area contributed by atoms with Crippen molar-refractivity contribution >= 4 is 23.2 Å². The summed E-state index contributed by atoms with van der Waals surface area (Å²) in [5.41, 5.74) is 4.08. The molecule has 0 bridgehead atoms. The molecular weight excluding hydrogens is 292 g/mol. The van der Waals surface area contributed by atoms with Crippen LogP contribution in [0.15, 0.2) is 59.3 Å². The van der Waals surface area contributed by atoms with Gasteiger partial charge in [-0.15, -0.1) is 0 Å². The fraction of sp³-hybridized carbons (Fsp3) is 0.222. The second-order valence-corrected chi connectivity index (χ2v) is 6.69. The van der Waals surface area contributed by atoms with Gasteiger partial charge in [0.2, 0.25) is 5.91 Å². The highest BCUT2D eigenvalue weighted by Gasteiger charge is 2.23. The summed E-state index contributed by atoms with van der Waals surface area (Å²) >= 11 is 1.27. The molecule has 1 radical (unpaired) electrons. The number of rotatable bonds is 2. The largest absolute Gasteiger partial charge is 0.345 e. The van der Waals surface area contributed by atoms with Crippen LogP contribution in [0.25, 0.3) is 5.57 Å². The average molecular weight is 311 g/mol. The molecule has 0 saturated heterocycles. The molecule has 1 aliphatic heterocycles. The molecule has 1 aromatic heterocycles. The van der Waals surface area contributed by atoms with Gasteiger partial charge >= 0.3 is 0 Å². The van der Waals surface area contributed by atoms with E-state index in [9.17, 15) is 4.79 Å². The predicted octanol–water partition coefficient (Wildman–Crippen LogP) is 3.20. The number of nitrogens with zero attached hydrogens (tertiary/aromatic N) is 2. The van der Waals surface area contributed by atoms with Crippen LogP contribution in [0.2, 0.25) is 0 Å². The maximum Gasteiger partial charge on any atom is 0.249 e. The molecule has 0 spiro atoms. The lowest BCUT2D eigenvalue weighted by Gasteiger charge is -2.18. The molecule has 0 saturated carbocycles. The van der Waals surface area contributed by atoms with Crippen molar-refractivity contribution in [3.8, 4) is 0 Å². The Balaban J connectivity index is 2.27. The Morgan fingerprint density at radius 2 is 2.00 bits per heavy atom. The number of carbonyl (C=O) groups is 1. The Hall–Kier alpha value is -2.07. The highest BCUT2D eigenvalue weighted by atomic mass is 32.2. The van der Waals surface area contributed by atoms with Crippen molar-refractivity contribution in [3.05, 3.63) is 65.5 Å². The number of hydrogen-bond donors (Lipinski definition) is 1. The summed E-state index contributed by atoms with van der Waals surface area (Å²) in [6.07, 6.45) is 4.40. The van der Waals surface area contributed by atoms with Crippen LogP contribution in [-0.2, 0) is 4.79 Å². The van der Waals surface area contributed by atoms with Crippen LogP contribution < -0.4 is 0 Å². The lowest BCUT2D eigenvalue weighted by atomic mass is 9.92. The van der Waals surface area contributed by atoms with Crippen LogP contribution >= 0.6 is 11.8 Å². The van der Waals surface area contributed by atoms with Gasteiger partial charge in [0.1, 0.15) is 0 Å². The minimum absolute atomic E-state index is 0.0887. The molecule has 113 valence electrons. The molecule has 1 aromatic carbocycles. The van der Waals surface area contributed by atoms with Crippen LogP contribution in [0.4, 0.5) is 0 Å². The van der Waals surface area contributed by atoms with Crippen molar-refractivity contribution < 1.29 is 4.79 Å². The summed E-state index contributed by atoms with van der Waals surface area (Å²) in [4.78, 5) is 19.9. The molecular formula is C18H19N2OS. The number of amides is 1. The number of pyridine rings is 1. The van der Waals surface area contributed by atoms with Gasteiger partial charge in [0.15, 0.2) is 0 Å². The molecule has 0 N–H and O–H groups in total. The monoisotopic (exact) mass is 311 g/mol. The summed E-state index contributed by atoms with van der Waals surface area (Å²) < 4.78 is 0. The molecule has 0 atom stereocenters. The Morgan fingerprint density at radius 3 is 2.73 bits per heavy atom. The maximum absolute atomic E-state index is 12.7. The summed E-state index contributed by atoms with van der Waals surface area (Å²) in [6, 6.07) is 12.3. The SMILES string of the molecule is CN(C)C(=O)C1=C(c2cccnc2)c2ccccc2[SH]CC1. The molecule has 2 heterocycles. The van der Waals surface area contributed by atoms with Crippen molar-refractivity contribution in [2.24, 2.45) is 0 Å².